The molecule has 2 aromatic carbocycles. The minimum absolute atomic E-state index is 0.282. The normalized spacial score (nSPS) is 18.2. The zero-order chi connectivity index (χ0) is 15.6. The highest BCUT2D eigenvalue weighted by Gasteiger charge is 2.17. The van der Waals surface area contributed by atoms with Gasteiger partial charge in [-0.15, -0.1) is 0 Å². The molecule has 1 aliphatic rings. The standard InChI is InChI=1S/C19H19N3O/c23-17-7-6-13-4-5-14(9-15(13)10-17)16-11-21-19(22-12-16)18-3-1-2-8-20-18/h4-7,9-12,18,20,23H,1-3,8H2. The highest BCUT2D eigenvalue weighted by atomic mass is 16.3. The third-order valence-corrected chi connectivity index (χ3v) is 4.45. The number of phenols is 1. The molecule has 1 saturated heterocycles. The molecular formula is C19H19N3O. The van der Waals surface area contributed by atoms with Crippen molar-refractivity contribution in [2.75, 3.05) is 6.54 Å². The quantitative estimate of drug-likeness (QED) is 0.756. The van der Waals surface area contributed by atoms with Crippen molar-refractivity contribution in [1.82, 2.24) is 15.3 Å². The van der Waals surface area contributed by atoms with Crippen LogP contribution in [-0.4, -0.2) is 21.6 Å². The summed E-state index contributed by atoms with van der Waals surface area (Å²) in [6.45, 7) is 1.05. The Kier molecular flexibility index (Phi) is 3.67. The second-order valence-corrected chi connectivity index (χ2v) is 6.08. The van der Waals surface area contributed by atoms with Crippen molar-refractivity contribution in [3.05, 3.63) is 54.6 Å². The molecule has 1 aliphatic heterocycles. The first-order valence-electron chi connectivity index (χ1n) is 8.08. The van der Waals surface area contributed by atoms with E-state index in [1.165, 1.54) is 12.8 Å². The Balaban J connectivity index is 1.64. The summed E-state index contributed by atoms with van der Waals surface area (Å²) < 4.78 is 0. The number of phenolic OH excluding ortho intramolecular Hbond substituents is 1. The Morgan fingerprint density at radius 2 is 1.74 bits per heavy atom. The molecule has 1 unspecified atom stereocenters. The lowest BCUT2D eigenvalue weighted by Gasteiger charge is -2.21. The number of rotatable bonds is 2. The second-order valence-electron chi connectivity index (χ2n) is 6.08. The van der Waals surface area contributed by atoms with E-state index < -0.39 is 0 Å². The zero-order valence-corrected chi connectivity index (χ0v) is 12.9. The summed E-state index contributed by atoms with van der Waals surface area (Å²) in [5.41, 5.74) is 2.06. The maximum absolute atomic E-state index is 9.64. The Bertz CT molecular complexity index is 824. The van der Waals surface area contributed by atoms with Gasteiger partial charge in [-0.05, 0) is 53.9 Å². The zero-order valence-electron chi connectivity index (χ0n) is 12.9. The Morgan fingerprint density at radius 1 is 0.913 bits per heavy atom. The first-order chi connectivity index (χ1) is 11.3. The maximum atomic E-state index is 9.64. The molecule has 0 amide bonds. The second kappa shape index (κ2) is 5.97. The van der Waals surface area contributed by atoms with E-state index in [4.69, 9.17) is 0 Å². The summed E-state index contributed by atoms with van der Waals surface area (Å²) >= 11 is 0. The SMILES string of the molecule is Oc1ccc2ccc(-c3cnc(C4CCCCN4)nc3)cc2c1. The van der Waals surface area contributed by atoms with Gasteiger partial charge in [0.1, 0.15) is 11.6 Å². The van der Waals surface area contributed by atoms with Crippen LogP contribution >= 0.6 is 0 Å². The van der Waals surface area contributed by atoms with Crippen LogP contribution in [0, 0.1) is 0 Å². The molecule has 1 atom stereocenters. The van der Waals surface area contributed by atoms with Gasteiger partial charge >= 0.3 is 0 Å². The number of hydrogen-bond acceptors (Lipinski definition) is 4. The smallest absolute Gasteiger partial charge is 0.145 e. The van der Waals surface area contributed by atoms with Crippen molar-refractivity contribution < 1.29 is 5.11 Å². The average Bonchev–Trinajstić information content (AvgIpc) is 2.62. The number of nitrogens with one attached hydrogen (secondary N) is 1. The van der Waals surface area contributed by atoms with E-state index in [1.54, 1.807) is 12.1 Å². The van der Waals surface area contributed by atoms with Gasteiger partial charge in [0, 0.05) is 18.0 Å². The first kappa shape index (κ1) is 14.2. The Labute approximate surface area is 135 Å². The molecule has 2 heterocycles. The van der Waals surface area contributed by atoms with Gasteiger partial charge in [0.15, 0.2) is 0 Å². The highest BCUT2D eigenvalue weighted by molar-refractivity contribution is 5.88. The van der Waals surface area contributed by atoms with Crippen molar-refractivity contribution >= 4 is 10.8 Å². The molecule has 0 aliphatic carbocycles. The summed E-state index contributed by atoms with van der Waals surface area (Å²) in [4.78, 5) is 9.11. The Morgan fingerprint density at radius 3 is 2.52 bits per heavy atom. The van der Waals surface area contributed by atoms with Gasteiger partial charge in [0.2, 0.25) is 0 Å². The van der Waals surface area contributed by atoms with Gasteiger partial charge in [0.25, 0.3) is 0 Å². The van der Waals surface area contributed by atoms with Gasteiger partial charge in [-0.25, -0.2) is 9.97 Å². The molecule has 116 valence electrons. The molecule has 4 nitrogen and oxygen atoms in total. The number of nitrogens with zero attached hydrogens (tertiary/aromatic N) is 2. The predicted octanol–water partition coefficient (Wildman–Crippen LogP) is 3.82. The molecule has 23 heavy (non-hydrogen) atoms. The lowest BCUT2D eigenvalue weighted by molar-refractivity contribution is 0.397. The number of benzene rings is 2. The molecule has 1 aromatic heterocycles. The van der Waals surface area contributed by atoms with Gasteiger partial charge in [-0.1, -0.05) is 24.6 Å². The lowest BCUT2D eigenvalue weighted by atomic mass is 10.0. The molecular weight excluding hydrogens is 286 g/mol. The summed E-state index contributed by atoms with van der Waals surface area (Å²) in [6.07, 6.45) is 7.36. The molecule has 0 spiro atoms. The van der Waals surface area contributed by atoms with Crippen LogP contribution in [0.4, 0.5) is 0 Å². The highest BCUT2D eigenvalue weighted by Crippen LogP contribution is 2.27. The number of hydrogen-bond donors (Lipinski definition) is 2. The van der Waals surface area contributed by atoms with E-state index in [-0.39, 0.29) is 11.8 Å². The topological polar surface area (TPSA) is 58.0 Å². The maximum Gasteiger partial charge on any atom is 0.145 e. The van der Waals surface area contributed by atoms with E-state index in [0.717, 1.165) is 40.7 Å². The van der Waals surface area contributed by atoms with Crippen LogP contribution in [0.2, 0.25) is 0 Å². The van der Waals surface area contributed by atoms with Gasteiger partial charge < -0.3 is 10.4 Å². The van der Waals surface area contributed by atoms with Crippen molar-refractivity contribution in [3.63, 3.8) is 0 Å². The monoisotopic (exact) mass is 305 g/mol. The van der Waals surface area contributed by atoms with E-state index in [0.29, 0.717) is 0 Å². The lowest BCUT2D eigenvalue weighted by Crippen LogP contribution is -2.28. The third-order valence-electron chi connectivity index (χ3n) is 4.45. The third kappa shape index (κ3) is 2.90. The van der Waals surface area contributed by atoms with E-state index >= 15 is 0 Å². The van der Waals surface area contributed by atoms with Crippen molar-refractivity contribution in [2.24, 2.45) is 0 Å². The molecule has 4 heteroatoms. The number of piperidine rings is 1. The summed E-state index contributed by atoms with van der Waals surface area (Å²) in [5.74, 6) is 1.16. The van der Waals surface area contributed by atoms with Crippen LogP contribution in [0.5, 0.6) is 5.75 Å². The summed E-state index contributed by atoms with van der Waals surface area (Å²) in [6, 6.07) is 11.9. The number of aromatic nitrogens is 2. The Hall–Kier alpha value is -2.46. The fourth-order valence-electron chi connectivity index (χ4n) is 3.15. The van der Waals surface area contributed by atoms with Crippen LogP contribution in [0.25, 0.3) is 21.9 Å². The molecule has 4 rings (SSSR count). The fourth-order valence-corrected chi connectivity index (χ4v) is 3.15. The predicted molar refractivity (Wildman–Crippen MR) is 91.2 cm³/mol. The van der Waals surface area contributed by atoms with Crippen LogP contribution in [0.15, 0.2) is 48.8 Å². The average molecular weight is 305 g/mol. The van der Waals surface area contributed by atoms with Crippen molar-refractivity contribution in [1.29, 1.82) is 0 Å². The van der Waals surface area contributed by atoms with Crippen LogP contribution < -0.4 is 5.32 Å². The van der Waals surface area contributed by atoms with Crippen LogP contribution in [0.3, 0.4) is 0 Å². The van der Waals surface area contributed by atoms with Crippen LogP contribution in [0.1, 0.15) is 31.1 Å². The summed E-state index contributed by atoms with van der Waals surface area (Å²) in [7, 11) is 0. The van der Waals surface area contributed by atoms with E-state index in [9.17, 15) is 5.11 Å². The van der Waals surface area contributed by atoms with Crippen LogP contribution in [-0.2, 0) is 0 Å². The van der Waals surface area contributed by atoms with E-state index in [2.05, 4.69) is 33.5 Å². The molecule has 0 bridgehead atoms. The van der Waals surface area contributed by atoms with Gasteiger partial charge in [-0.3, -0.25) is 0 Å². The molecule has 3 aromatic rings. The number of fused-ring (bicyclic) bond motifs is 1. The first-order valence-corrected chi connectivity index (χ1v) is 8.08. The molecule has 1 fully saturated rings. The minimum atomic E-state index is 0.282. The van der Waals surface area contributed by atoms with Gasteiger partial charge in [0.05, 0.1) is 6.04 Å². The molecule has 2 N–H and O–H groups in total. The summed E-state index contributed by atoms with van der Waals surface area (Å²) in [5, 5.41) is 15.2. The molecule has 0 saturated carbocycles. The van der Waals surface area contributed by atoms with Crippen molar-refractivity contribution in [2.45, 2.75) is 25.3 Å². The van der Waals surface area contributed by atoms with Gasteiger partial charge in [-0.2, -0.15) is 0 Å². The fraction of sp³-hybridized carbons (Fsp3) is 0.263. The van der Waals surface area contributed by atoms with E-state index in [1.807, 2.05) is 18.5 Å². The number of aromatic hydroxyl groups is 1. The minimum Gasteiger partial charge on any atom is -0.508 e. The largest absolute Gasteiger partial charge is 0.508 e. The molecule has 0 radical (unpaired) electrons. The van der Waals surface area contributed by atoms with Crippen molar-refractivity contribution in [3.8, 4) is 16.9 Å².